The number of hydrogen-bond acceptors (Lipinski definition) is 5. The molecule has 3 aromatic rings. The van der Waals surface area contributed by atoms with Gasteiger partial charge in [0, 0.05) is 16.3 Å². The van der Waals surface area contributed by atoms with E-state index >= 15 is 0 Å². The summed E-state index contributed by atoms with van der Waals surface area (Å²) in [6.07, 6.45) is 0. The number of aryl methyl sites for hydroxylation is 2. The third-order valence-electron chi connectivity index (χ3n) is 3.24. The minimum absolute atomic E-state index is 0.714. The van der Waals surface area contributed by atoms with Gasteiger partial charge in [-0.1, -0.05) is 6.07 Å². The van der Waals surface area contributed by atoms with Crippen molar-refractivity contribution in [2.75, 3.05) is 5.73 Å². The molecule has 0 aliphatic carbocycles. The fourth-order valence-corrected chi connectivity index (χ4v) is 3.60. The predicted octanol–water partition coefficient (Wildman–Crippen LogP) is 4.89. The third-order valence-corrected chi connectivity index (χ3v) is 5.10. The lowest BCUT2D eigenvalue weighted by molar-refractivity contribution is 0.542. The molecule has 1 aromatic carbocycles. The van der Waals surface area contributed by atoms with Gasteiger partial charge in [0.15, 0.2) is 0 Å². The van der Waals surface area contributed by atoms with Crippen LogP contribution in [0.5, 0.6) is 0 Å². The number of nitrogen functional groups attached to an aromatic ring is 1. The van der Waals surface area contributed by atoms with Gasteiger partial charge in [0.2, 0.25) is 5.89 Å². The van der Waals surface area contributed by atoms with E-state index in [0.717, 1.165) is 33.3 Å². The summed E-state index contributed by atoms with van der Waals surface area (Å²) >= 11 is 3.39. The number of nitrogens with two attached hydrogens (primary N) is 1. The second-order valence-electron chi connectivity index (χ2n) is 4.81. The van der Waals surface area contributed by atoms with Crippen LogP contribution in [0.1, 0.15) is 17.0 Å². The van der Waals surface area contributed by atoms with Gasteiger partial charge in [0.05, 0.1) is 10.6 Å². The number of oxazole rings is 1. The van der Waals surface area contributed by atoms with Crippen molar-refractivity contribution in [1.82, 2.24) is 4.98 Å². The van der Waals surface area contributed by atoms with Crippen molar-refractivity contribution in [3.05, 3.63) is 52.7 Å². The van der Waals surface area contributed by atoms with E-state index < -0.39 is 0 Å². The van der Waals surface area contributed by atoms with Gasteiger partial charge in [0.1, 0.15) is 5.76 Å². The van der Waals surface area contributed by atoms with Gasteiger partial charge in [-0.2, -0.15) is 0 Å². The second kappa shape index (κ2) is 5.95. The van der Waals surface area contributed by atoms with Crippen LogP contribution in [-0.2, 0) is 5.75 Å². The van der Waals surface area contributed by atoms with Crippen molar-refractivity contribution in [3.8, 4) is 10.8 Å². The van der Waals surface area contributed by atoms with E-state index in [-0.39, 0.29) is 0 Å². The summed E-state index contributed by atoms with van der Waals surface area (Å²) in [6, 6.07) is 10.1. The molecule has 5 heteroatoms. The first-order valence-corrected chi connectivity index (χ1v) is 8.49. The molecule has 21 heavy (non-hydrogen) atoms. The molecule has 0 radical (unpaired) electrons. The molecule has 0 spiro atoms. The van der Waals surface area contributed by atoms with Crippen LogP contribution < -0.4 is 5.73 Å². The fraction of sp³-hybridized carbons (Fsp3) is 0.188. The Balaban J connectivity index is 1.74. The van der Waals surface area contributed by atoms with Crippen LogP contribution in [0.3, 0.4) is 0 Å². The summed E-state index contributed by atoms with van der Waals surface area (Å²) in [7, 11) is 0. The molecular weight excluding hydrogens is 300 g/mol. The van der Waals surface area contributed by atoms with Crippen LogP contribution in [0.2, 0.25) is 0 Å². The molecule has 2 aromatic heterocycles. The van der Waals surface area contributed by atoms with E-state index in [4.69, 9.17) is 10.2 Å². The Hall–Kier alpha value is -1.72. The SMILES string of the molecule is Cc1cc(SCc2nc(-c3cccs3)oc2C)ccc1N. The molecule has 0 saturated carbocycles. The monoisotopic (exact) mass is 316 g/mol. The topological polar surface area (TPSA) is 52.0 Å². The zero-order chi connectivity index (χ0) is 14.8. The van der Waals surface area contributed by atoms with Crippen LogP contribution in [0.25, 0.3) is 10.8 Å². The maximum Gasteiger partial charge on any atom is 0.236 e. The summed E-state index contributed by atoms with van der Waals surface area (Å²) in [6.45, 7) is 3.99. The lowest BCUT2D eigenvalue weighted by Crippen LogP contribution is -1.89. The van der Waals surface area contributed by atoms with E-state index in [2.05, 4.69) is 11.1 Å². The Morgan fingerprint density at radius 2 is 2.14 bits per heavy atom. The highest BCUT2D eigenvalue weighted by Crippen LogP contribution is 2.30. The van der Waals surface area contributed by atoms with Gasteiger partial charge in [-0.05, 0) is 49.1 Å². The molecular formula is C16H16N2OS2. The quantitative estimate of drug-likeness (QED) is 0.550. The Morgan fingerprint density at radius 3 is 2.86 bits per heavy atom. The lowest BCUT2D eigenvalue weighted by Gasteiger charge is -2.04. The third kappa shape index (κ3) is 3.14. The van der Waals surface area contributed by atoms with Gasteiger partial charge in [-0.3, -0.25) is 0 Å². The van der Waals surface area contributed by atoms with Crippen molar-refractivity contribution in [2.24, 2.45) is 0 Å². The standard InChI is InChI=1S/C16H16N2OS2/c1-10-8-12(5-6-13(10)17)21-9-14-11(2)19-16(18-14)15-4-3-7-20-15/h3-8H,9,17H2,1-2H3. The highest BCUT2D eigenvalue weighted by molar-refractivity contribution is 7.98. The van der Waals surface area contributed by atoms with E-state index in [1.165, 1.54) is 4.90 Å². The maximum atomic E-state index is 5.84. The highest BCUT2D eigenvalue weighted by atomic mass is 32.2. The molecule has 0 amide bonds. The normalized spacial score (nSPS) is 11.0. The Kier molecular flexibility index (Phi) is 4.03. The smallest absolute Gasteiger partial charge is 0.236 e. The minimum atomic E-state index is 0.714. The number of hydrogen-bond donors (Lipinski definition) is 1. The molecule has 3 rings (SSSR count). The molecule has 0 unspecified atom stereocenters. The first-order chi connectivity index (χ1) is 10.1. The summed E-state index contributed by atoms with van der Waals surface area (Å²) in [4.78, 5) is 6.87. The number of nitrogens with zero attached hydrogens (tertiary/aromatic N) is 1. The van der Waals surface area contributed by atoms with Crippen LogP contribution in [0.15, 0.2) is 45.0 Å². The van der Waals surface area contributed by atoms with Gasteiger partial charge in [0.25, 0.3) is 0 Å². The van der Waals surface area contributed by atoms with Crippen molar-refractivity contribution < 1.29 is 4.42 Å². The summed E-state index contributed by atoms with van der Waals surface area (Å²) in [5.41, 5.74) is 8.78. The molecule has 0 fully saturated rings. The lowest BCUT2D eigenvalue weighted by atomic mass is 10.2. The zero-order valence-electron chi connectivity index (χ0n) is 11.9. The largest absolute Gasteiger partial charge is 0.440 e. The van der Waals surface area contributed by atoms with Crippen molar-refractivity contribution >= 4 is 28.8 Å². The second-order valence-corrected chi connectivity index (χ2v) is 6.80. The van der Waals surface area contributed by atoms with Gasteiger partial charge in [-0.25, -0.2) is 4.98 Å². The van der Waals surface area contributed by atoms with E-state index in [1.807, 2.05) is 43.5 Å². The first kappa shape index (κ1) is 14.2. The predicted molar refractivity (Wildman–Crippen MR) is 89.7 cm³/mol. The Labute approximate surface area is 132 Å². The molecule has 3 nitrogen and oxygen atoms in total. The van der Waals surface area contributed by atoms with E-state index in [0.29, 0.717) is 5.89 Å². The number of thiophene rings is 1. The van der Waals surface area contributed by atoms with E-state index in [9.17, 15) is 0 Å². The molecule has 2 N–H and O–H groups in total. The van der Waals surface area contributed by atoms with Crippen molar-refractivity contribution in [3.63, 3.8) is 0 Å². The zero-order valence-corrected chi connectivity index (χ0v) is 13.6. The number of rotatable bonds is 4. The molecule has 0 atom stereocenters. The van der Waals surface area contributed by atoms with Crippen LogP contribution in [0, 0.1) is 13.8 Å². The average Bonchev–Trinajstić information content (AvgIpc) is 3.10. The highest BCUT2D eigenvalue weighted by Gasteiger charge is 2.12. The number of anilines is 1. The number of aromatic nitrogens is 1. The fourth-order valence-electron chi connectivity index (χ4n) is 1.96. The molecule has 0 aliphatic heterocycles. The van der Waals surface area contributed by atoms with Crippen LogP contribution in [0.4, 0.5) is 5.69 Å². The average molecular weight is 316 g/mol. The molecule has 108 valence electrons. The van der Waals surface area contributed by atoms with Crippen molar-refractivity contribution in [2.45, 2.75) is 24.5 Å². The molecule has 0 saturated heterocycles. The number of benzene rings is 1. The van der Waals surface area contributed by atoms with Crippen LogP contribution in [-0.4, -0.2) is 4.98 Å². The summed E-state index contributed by atoms with van der Waals surface area (Å²) in [5.74, 6) is 2.40. The Bertz CT molecular complexity index is 748. The van der Waals surface area contributed by atoms with Gasteiger partial charge >= 0.3 is 0 Å². The van der Waals surface area contributed by atoms with Crippen molar-refractivity contribution in [1.29, 1.82) is 0 Å². The Morgan fingerprint density at radius 1 is 1.29 bits per heavy atom. The first-order valence-electron chi connectivity index (χ1n) is 6.62. The molecule has 2 heterocycles. The summed E-state index contributed by atoms with van der Waals surface area (Å²) in [5, 5.41) is 2.03. The van der Waals surface area contributed by atoms with Gasteiger partial charge < -0.3 is 10.2 Å². The van der Waals surface area contributed by atoms with Gasteiger partial charge in [-0.15, -0.1) is 23.1 Å². The van der Waals surface area contributed by atoms with E-state index in [1.54, 1.807) is 23.1 Å². The summed E-state index contributed by atoms with van der Waals surface area (Å²) < 4.78 is 5.76. The molecule has 0 bridgehead atoms. The maximum absolute atomic E-state index is 5.84. The number of thioether (sulfide) groups is 1. The van der Waals surface area contributed by atoms with Crippen LogP contribution >= 0.6 is 23.1 Å². The minimum Gasteiger partial charge on any atom is -0.440 e. The molecule has 0 aliphatic rings.